The van der Waals surface area contributed by atoms with Crippen LogP contribution in [0.5, 0.6) is 0 Å². The number of rotatable bonds is 6. The largest absolute Gasteiger partial charge is 0.449 e. The lowest BCUT2D eigenvalue weighted by molar-refractivity contribution is -0.123. The molecule has 0 aliphatic carbocycles. The zero-order chi connectivity index (χ0) is 22.6. The number of nitrogens with one attached hydrogen (secondary N) is 1. The van der Waals surface area contributed by atoms with Crippen LogP contribution < -0.4 is 5.32 Å². The van der Waals surface area contributed by atoms with Crippen LogP contribution in [0, 0.1) is 11.3 Å². The Morgan fingerprint density at radius 2 is 1.97 bits per heavy atom. The summed E-state index contributed by atoms with van der Waals surface area (Å²) in [5, 5.41) is 13.6. The van der Waals surface area contributed by atoms with Crippen molar-refractivity contribution in [2.45, 2.75) is 37.2 Å². The van der Waals surface area contributed by atoms with E-state index in [2.05, 4.69) is 5.32 Å². The Morgan fingerprint density at radius 3 is 2.65 bits per heavy atom. The maximum atomic E-state index is 12.9. The summed E-state index contributed by atoms with van der Waals surface area (Å²) in [6.45, 7) is 2.22. The summed E-state index contributed by atoms with van der Waals surface area (Å²) >= 11 is 7.27. The van der Waals surface area contributed by atoms with E-state index in [1.165, 1.54) is 40.8 Å². The Bertz CT molecular complexity index is 1130. The molecule has 11 heteroatoms. The van der Waals surface area contributed by atoms with Crippen molar-refractivity contribution in [1.29, 1.82) is 5.26 Å². The number of nitriles is 1. The topological polar surface area (TPSA) is 117 Å². The highest BCUT2D eigenvalue weighted by molar-refractivity contribution is 7.89. The second kappa shape index (κ2) is 9.78. The van der Waals surface area contributed by atoms with E-state index in [-0.39, 0.29) is 15.5 Å². The quantitative estimate of drug-likeness (QED) is 0.629. The molecule has 1 aromatic heterocycles. The summed E-state index contributed by atoms with van der Waals surface area (Å²) < 4.78 is 32.3. The van der Waals surface area contributed by atoms with Gasteiger partial charge in [0.15, 0.2) is 6.10 Å². The number of hydrogen-bond acceptors (Lipinski definition) is 7. The summed E-state index contributed by atoms with van der Waals surface area (Å²) in [6, 6.07) is 7.35. The van der Waals surface area contributed by atoms with Gasteiger partial charge in [0.05, 0.1) is 21.0 Å². The van der Waals surface area contributed by atoms with Gasteiger partial charge >= 0.3 is 5.97 Å². The molecule has 1 atom stereocenters. The van der Waals surface area contributed by atoms with Crippen LogP contribution in [0.1, 0.15) is 42.1 Å². The van der Waals surface area contributed by atoms with Gasteiger partial charge in [-0.15, -0.1) is 11.3 Å². The van der Waals surface area contributed by atoms with E-state index >= 15 is 0 Å². The number of sulfonamides is 1. The van der Waals surface area contributed by atoms with Crippen LogP contribution in [0.4, 0.5) is 5.00 Å². The summed E-state index contributed by atoms with van der Waals surface area (Å²) in [7, 11) is -3.76. The third-order valence-corrected chi connectivity index (χ3v) is 7.84. The van der Waals surface area contributed by atoms with E-state index in [1.807, 2.05) is 6.07 Å². The fraction of sp³-hybridized carbons (Fsp3) is 0.350. The standard InChI is InChI=1S/C20H20ClN3O5S2/c1-13(18(25)23-19-14(12-22)7-10-30-19)29-20(26)16-11-15(5-6-17(16)21)31(27,28)24-8-3-2-4-9-24/h5-7,10-11,13H,2-4,8-9H2,1H3,(H,23,25)/t13-/m0/s1. The lowest BCUT2D eigenvalue weighted by Crippen LogP contribution is -2.35. The smallest absolute Gasteiger partial charge is 0.340 e. The van der Waals surface area contributed by atoms with Crippen molar-refractivity contribution in [3.05, 3.63) is 45.8 Å². The van der Waals surface area contributed by atoms with Crippen LogP contribution in [-0.2, 0) is 19.6 Å². The number of halogens is 1. The van der Waals surface area contributed by atoms with E-state index in [9.17, 15) is 18.0 Å². The molecular weight excluding hydrogens is 462 g/mol. The second-order valence-corrected chi connectivity index (χ2v) is 10.2. The number of esters is 1. The molecule has 3 rings (SSSR count). The summed E-state index contributed by atoms with van der Waals surface area (Å²) in [4.78, 5) is 24.9. The summed E-state index contributed by atoms with van der Waals surface area (Å²) in [6.07, 6.45) is 1.35. The Hall–Kier alpha value is -2.45. The van der Waals surface area contributed by atoms with Crippen LogP contribution >= 0.6 is 22.9 Å². The van der Waals surface area contributed by atoms with E-state index in [0.717, 1.165) is 19.3 Å². The molecular formula is C20H20ClN3O5S2. The zero-order valence-corrected chi connectivity index (χ0v) is 19.0. The molecule has 1 aliphatic rings. The molecule has 1 saturated heterocycles. The van der Waals surface area contributed by atoms with Crippen molar-refractivity contribution in [3.8, 4) is 6.07 Å². The highest BCUT2D eigenvalue weighted by Crippen LogP contribution is 2.26. The summed E-state index contributed by atoms with van der Waals surface area (Å²) in [5.41, 5.74) is 0.156. The third-order valence-electron chi connectivity index (χ3n) is 4.79. The minimum atomic E-state index is -3.76. The minimum absolute atomic E-state index is 0.0141. The maximum Gasteiger partial charge on any atom is 0.340 e. The van der Waals surface area contributed by atoms with Crippen molar-refractivity contribution >= 4 is 49.8 Å². The van der Waals surface area contributed by atoms with E-state index in [4.69, 9.17) is 21.6 Å². The van der Waals surface area contributed by atoms with E-state index in [1.54, 1.807) is 11.4 Å². The predicted molar refractivity (Wildman–Crippen MR) is 117 cm³/mol. The lowest BCUT2D eigenvalue weighted by Gasteiger charge is -2.26. The number of benzene rings is 1. The third kappa shape index (κ3) is 5.25. The van der Waals surface area contributed by atoms with E-state index in [0.29, 0.717) is 23.7 Å². The first kappa shape index (κ1) is 23.2. The molecule has 1 aliphatic heterocycles. The number of thiophene rings is 1. The zero-order valence-electron chi connectivity index (χ0n) is 16.6. The number of carbonyl (C=O) groups is 2. The molecule has 31 heavy (non-hydrogen) atoms. The van der Waals surface area contributed by atoms with Crippen LogP contribution in [0.2, 0.25) is 5.02 Å². The van der Waals surface area contributed by atoms with Gasteiger partial charge < -0.3 is 10.1 Å². The average Bonchev–Trinajstić information content (AvgIpc) is 3.21. The van der Waals surface area contributed by atoms with Gasteiger partial charge in [0, 0.05) is 13.1 Å². The van der Waals surface area contributed by atoms with Gasteiger partial charge in [-0.1, -0.05) is 18.0 Å². The monoisotopic (exact) mass is 481 g/mol. The normalized spacial score (nSPS) is 15.6. The number of nitrogens with zero attached hydrogens (tertiary/aromatic N) is 2. The van der Waals surface area contributed by atoms with Crippen LogP contribution in [0.3, 0.4) is 0 Å². The number of anilines is 1. The molecule has 0 unspecified atom stereocenters. The number of piperidine rings is 1. The predicted octanol–water partition coefficient (Wildman–Crippen LogP) is 3.63. The molecule has 0 spiro atoms. The molecule has 2 heterocycles. The highest BCUT2D eigenvalue weighted by Gasteiger charge is 2.28. The molecule has 2 aromatic rings. The van der Waals surface area contributed by atoms with Gasteiger partial charge in [-0.05, 0) is 49.4 Å². The van der Waals surface area contributed by atoms with Gasteiger partial charge in [0.2, 0.25) is 10.0 Å². The maximum absolute atomic E-state index is 12.9. The molecule has 1 N–H and O–H groups in total. The number of hydrogen-bond donors (Lipinski definition) is 1. The Labute approximate surface area is 189 Å². The van der Waals surface area contributed by atoms with Crippen molar-refractivity contribution in [3.63, 3.8) is 0 Å². The van der Waals surface area contributed by atoms with Crippen LogP contribution in [0.25, 0.3) is 0 Å². The van der Waals surface area contributed by atoms with Crippen molar-refractivity contribution in [2.24, 2.45) is 0 Å². The van der Waals surface area contributed by atoms with Gasteiger partial charge in [-0.3, -0.25) is 4.79 Å². The van der Waals surface area contributed by atoms with Gasteiger partial charge in [0.1, 0.15) is 11.1 Å². The van der Waals surface area contributed by atoms with Gasteiger partial charge in [-0.25, -0.2) is 13.2 Å². The molecule has 8 nitrogen and oxygen atoms in total. The first-order chi connectivity index (χ1) is 14.7. The Morgan fingerprint density at radius 1 is 1.26 bits per heavy atom. The molecule has 0 radical (unpaired) electrons. The fourth-order valence-corrected chi connectivity index (χ4v) is 5.54. The first-order valence-corrected chi connectivity index (χ1v) is 12.2. The van der Waals surface area contributed by atoms with Gasteiger partial charge in [-0.2, -0.15) is 9.57 Å². The second-order valence-electron chi connectivity index (χ2n) is 6.92. The molecule has 0 saturated carbocycles. The fourth-order valence-electron chi connectivity index (χ4n) is 3.06. The average molecular weight is 482 g/mol. The number of ether oxygens (including phenoxy) is 1. The molecule has 1 aromatic carbocycles. The SMILES string of the molecule is C[C@H](OC(=O)c1cc(S(=O)(=O)N2CCCCC2)ccc1Cl)C(=O)Nc1sccc1C#N. The Kier molecular flexibility index (Phi) is 7.33. The van der Waals surface area contributed by atoms with Crippen molar-refractivity contribution in [2.75, 3.05) is 18.4 Å². The Balaban J connectivity index is 1.74. The minimum Gasteiger partial charge on any atom is -0.449 e. The van der Waals surface area contributed by atoms with Crippen LogP contribution in [-0.4, -0.2) is 43.8 Å². The van der Waals surface area contributed by atoms with Crippen molar-refractivity contribution < 1.29 is 22.7 Å². The molecule has 164 valence electrons. The van der Waals surface area contributed by atoms with E-state index < -0.39 is 28.0 Å². The molecule has 0 bridgehead atoms. The lowest BCUT2D eigenvalue weighted by atomic mass is 10.2. The number of carbonyl (C=O) groups excluding carboxylic acids is 2. The first-order valence-electron chi connectivity index (χ1n) is 9.53. The van der Waals surface area contributed by atoms with Crippen LogP contribution in [0.15, 0.2) is 34.5 Å². The summed E-state index contributed by atoms with van der Waals surface area (Å²) in [5.74, 6) is -1.55. The molecule has 1 amide bonds. The van der Waals surface area contributed by atoms with Crippen molar-refractivity contribution in [1.82, 2.24) is 4.31 Å². The van der Waals surface area contributed by atoms with Gasteiger partial charge in [0.25, 0.3) is 5.91 Å². The highest BCUT2D eigenvalue weighted by atomic mass is 35.5. The molecule has 1 fully saturated rings. The number of amides is 1.